The first kappa shape index (κ1) is 34.1. The molecule has 0 radical (unpaired) electrons. The maximum atomic E-state index is 12.8. The summed E-state index contributed by atoms with van der Waals surface area (Å²) < 4.78 is 0. The van der Waals surface area contributed by atoms with E-state index in [-0.39, 0.29) is 39.9 Å². The van der Waals surface area contributed by atoms with Gasteiger partial charge in [-0.3, -0.25) is 19.2 Å². The third-order valence-corrected chi connectivity index (χ3v) is 8.10. The minimum Gasteiger partial charge on any atom is -0.385 e. The van der Waals surface area contributed by atoms with Crippen LogP contribution in [-0.4, -0.2) is 85.6 Å². The number of amides is 4. The quantitative estimate of drug-likeness (QED) is 0.258. The van der Waals surface area contributed by atoms with Crippen molar-refractivity contribution in [2.75, 3.05) is 31.9 Å². The average Bonchev–Trinajstić information content (AvgIpc) is 3.52. The first-order chi connectivity index (χ1) is 20.0. The van der Waals surface area contributed by atoms with Gasteiger partial charge in [0.2, 0.25) is 11.8 Å². The third-order valence-electron chi connectivity index (χ3n) is 8.10. The second-order valence-corrected chi connectivity index (χ2v) is 14.3. The Kier molecular flexibility index (Phi) is 9.01. The molecule has 242 valence electrons. The Bertz CT molecular complexity index is 1470. The van der Waals surface area contributed by atoms with Gasteiger partial charge >= 0.3 is 5.82 Å². The third kappa shape index (κ3) is 6.58. The van der Waals surface area contributed by atoms with Crippen molar-refractivity contribution in [2.45, 2.75) is 91.1 Å². The van der Waals surface area contributed by atoms with Gasteiger partial charge in [-0.15, -0.1) is 0 Å². The van der Waals surface area contributed by atoms with Gasteiger partial charge in [-0.25, -0.2) is 4.98 Å². The van der Waals surface area contributed by atoms with Crippen LogP contribution in [0, 0.1) is 10.1 Å². The fourth-order valence-corrected chi connectivity index (χ4v) is 5.01. The van der Waals surface area contributed by atoms with Gasteiger partial charge in [-0.1, -0.05) is 41.5 Å². The molecule has 2 aromatic rings. The van der Waals surface area contributed by atoms with E-state index in [1.807, 2.05) is 41.5 Å². The molecule has 0 aromatic carbocycles. The molecule has 4 amide bonds. The summed E-state index contributed by atoms with van der Waals surface area (Å²) in [5.41, 5.74) is 5.48. The summed E-state index contributed by atoms with van der Waals surface area (Å²) in [6.45, 7) is 20.2. The van der Waals surface area contributed by atoms with Gasteiger partial charge in [0, 0.05) is 48.8 Å². The van der Waals surface area contributed by atoms with E-state index < -0.39 is 21.9 Å². The minimum atomic E-state index is -1.05. The molecule has 2 aliphatic rings. The van der Waals surface area contributed by atoms with Crippen molar-refractivity contribution in [1.82, 2.24) is 30.4 Å². The van der Waals surface area contributed by atoms with Gasteiger partial charge in [0.15, 0.2) is 0 Å². The van der Waals surface area contributed by atoms with Crippen LogP contribution in [0.5, 0.6) is 0 Å². The van der Waals surface area contributed by atoms with Gasteiger partial charge in [-0.05, 0) is 38.7 Å². The standard InChI is InChI=1S/C15H22N4O4.C15H24N4O2/c1-14(2,3)10-8-9(11(17-10)19(22)23)12(20)18-7-6-16-13(21)15(18,4)5;1-14(2,3)10-8-9(11(16)18-10)12(20)19-7-6-17-13(21)15(19,4)5/h8,17H,6-7H2,1-5H3,(H,16,21);8,18H,6-7,16H2,1-5H3,(H,17,21). The van der Waals surface area contributed by atoms with Crippen LogP contribution in [0.25, 0.3) is 0 Å². The number of anilines is 1. The van der Waals surface area contributed by atoms with Crippen molar-refractivity contribution in [3.63, 3.8) is 0 Å². The molecule has 14 heteroatoms. The topological polar surface area (TPSA) is 200 Å². The van der Waals surface area contributed by atoms with Crippen molar-refractivity contribution in [2.24, 2.45) is 0 Å². The molecule has 2 aliphatic heterocycles. The van der Waals surface area contributed by atoms with Crippen LogP contribution in [0.3, 0.4) is 0 Å². The van der Waals surface area contributed by atoms with Crippen molar-refractivity contribution in [3.8, 4) is 0 Å². The Balaban J connectivity index is 0.000000241. The Morgan fingerprint density at radius 1 is 0.795 bits per heavy atom. The number of nitrogens with two attached hydrogens (primary N) is 1. The summed E-state index contributed by atoms with van der Waals surface area (Å²) in [5.74, 6) is -1.12. The first-order valence-corrected chi connectivity index (χ1v) is 14.6. The monoisotopic (exact) mass is 614 g/mol. The maximum Gasteiger partial charge on any atom is 0.333 e. The molecule has 0 aliphatic carbocycles. The van der Waals surface area contributed by atoms with Crippen LogP contribution < -0.4 is 16.4 Å². The highest BCUT2D eigenvalue weighted by Gasteiger charge is 2.44. The van der Waals surface area contributed by atoms with Crippen LogP contribution in [-0.2, 0) is 20.4 Å². The Labute approximate surface area is 257 Å². The number of nitro groups is 1. The van der Waals surface area contributed by atoms with E-state index in [2.05, 4.69) is 20.6 Å². The van der Waals surface area contributed by atoms with E-state index >= 15 is 0 Å². The summed E-state index contributed by atoms with van der Waals surface area (Å²) in [4.78, 5) is 69.1. The van der Waals surface area contributed by atoms with E-state index in [4.69, 9.17) is 5.73 Å². The lowest BCUT2D eigenvalue weighted by molar-refractivity contribution is -0.389. The normalized spacial score (nSPS) is 18.1. The molecule has 14 nitrogen and oxygen atoms in total. The van der Waals surface area contributed by atoms with E-state index in [0.29, 0.717) is 43.3 Å². The van der Waals surface area contributed by atoms with Crippen molar-refractivity contribution in [1.29, 1.82) is 0 Å². The highest BCUT2D eigenvalue weighted by atomic mass is 16.6. The predicted octanol–water partition coefficient (Wildman–Crippen LogP) is 2.82. The van der Waals surface area contributed by atoms with Crippen LogP contribution in [0.2, 0.25) is 0 Å². The zero-order valence-electron chi connectivity index (χ0n) is 27.4. The number of nitrogens with one attached hydrogen (secondary N) is 4. The summed E-state index contributed by atoms with van der Waals surface area (Å²) in [5, 5.41) is 16.8. The molecule has 4 rings (SSSR count). The lowest BCUT2D eigenvalue weighted by Crippen LogP contribution is -2.63. The van der Waals surface area contributed by atoms with Crippen LogP contribution >= 0.6 is 0 Å². The lowest BCUT2D eigenvalue weighted by atomic mass is 9.92. The second-order valence-electron chi connectivity index (χ2n) is 14.3. The zero-order chi connectivity index (χ0) is 33.6. The fraction of sp³-hybridized carbons (Fsp3) is 0.600. The van der Waals surface area contributed by atoms with E-state index in [1.165, 1.54) is 11.0 Å². The van der Waals surface area contributed by atoms with E-state index in [1.54, 1.807) is 38.7 Å². The largest absolute Gasteiger partial charge is 0.385 e. The number of carbonyl (C=O) groups is 4. The second kappa shape index (κ2) is 11.6. The summed E-state index contributed by atoms with van der Waals surface area (Å²) in [7, 11) is 0. The molecule has 0 saturated carbocycles. The summed E-state index contributed by atoms with van der Waals surface area (Å²) >= 11 is 0. The molecule has 0 bridgehead atoms. The maximum absolute atomic E-state index is 12.8. The number of piperazine rings is 2. The van der Waals surface area contributed by atoms with E-state index in [9.17, 15) is 29.3 Å². The molecule has 0 spiro atoms. The number of aromatic amines is 2. The number of nitrogen functional groups attached to an aromatic ring is 1. The number of hydrogen-bond donors (Lipinski definition) is 5. The number of aromatic nitrogens is 2. The highest BCUT2D eigenvalue weighted by molar-refractivity contribution is 6.03. The Hall–Kier alpha value is -4.36. The van der Waals surface area contributed by atoms with Gasteiger partial charge in [-0.2, -0.15) is 0 Å². The van der Waals surface area contributed by atoms with Crippen LogP contribution in [0.4, 0.5) is 11.6 Å². The molecular weight excluding hydrogens is 568 g/mol. The Morgan fingerprint density at radius 2 is 1.18 bits per heavy atom. The Morgan fingerprint density at radius 3 is 1.57 bits per heavy atom. The van der Waals surface area contributed by atoms with Gasteiger partial charge in [0.25, 0.3) is 11.8 Å². The van der Waals surface area contributed by atoms with Gasteiger partial charge < -0.3 is 41.3 Å². The highest BCUT2D eigenvalue weighted by Crippen LogP contribution is 2.31. The molecule has 0 atom stereocenters. The summed E-state index contributed by atoms with van der Waals surface area (Å²) in [6.07, 6.45) is 0. The fourth-order valence-electron chi connectivity index (χ4n) is 5.01. The van der Waals surface area contributed by atoms with E-state index in [0.717, 1.165) is 5.69 Å². The molecule has 4 heterocycles. The number of H-pyrrole nitrogens is 2. The SMILES string of the molecule is CC(C)(C)c1cc(C(=O)N2CCNC(=O)C2(C)C)c(N)[nH]1.CC(C)(C)c1cc(C(=O)N2CCNC(=O)C2(C)C)c([N+](=O)[O-])[nH]1. The van der Waals surface area contributed by atoms with Gasteiger partial charge in [0.1, 0.15) is 28.2 Å². The average molecular weight is 615 g/mol. The van der Waals surface area contributed by atoms with Gasteiger partial charge in [0.05, 0.1) is 5.56 Å². The van der Waals surface area contributed by atoms with Crippen molar-refractivity contribution >= 4 is 35.3 Å². The number of rotatable bonds is 3. The molecule has 44 heavy (non-hydrogen) atoms. The number of hydrogen-bond acceptors (Lipinski definition) is 7. The van der Waals surface area contributed by atoms with Crippen molar-refractivity contribution < 1.29 is 24.1 Å². The van der Waals surface area contributed by atoms with Crippen molar-refractivity contribution in [3.05, 3.63) is 44.8 Å². The molecule has 0 unspecified atom stereocenters. The summed E-state index contributed by atoms with van der Waals surface area (Å²) in [6, 6.07) is 3.31. The lowest BCUT2D eigenvalue weighted by Gasteiger charge is -2.41. The number of carbonyl (C=O) groups excluding carboxylic acids is 4. The zero-order valence-corrected chi connectivity index (χ0v) is 27.4. The first-order valence-electron chi connectivity index (χ1n) is 14.6. The molecule has 2 aromatic heterocycles. The minimum absolute atomic E-state index is 0.0114. The van der Waals surface area contributed by atoms with Crippen LogP contribution in [0.1, 0.15) is 101 Å². The molecular formula is C30H46N8O6. The van der Waals surface area contributed by atoms with Crippen LogP contribution in [0.15, 0.2) is 12.1 Å². The number of nitrogens with zero attached hydrogens (tertiary/aromatic N) is 3. The predicted molar refractivity (Wildman–Crippen MR) is 166 cm³/mol. The smallest absolute Gasteiger partial charge is 0.333 e. The molecule has 2 fully saturated rings. The molecule has 6 N–H and O–H groups in total. The molecule has 2 saturated heterocycles.